The third kappa shape index (κ3) is 5.22. The van der Waals surface area contributed by atoms with Crippen LogP contribution in [0, 0.1) is 22.3 Å². The smallest absolute Gasteiger partial charge is 0.134 e. The van der Waals surface area contributed by atoms with Crippen molar-refractivity contribution in [2.24, 2.45) is 10.8 Å². The molecule has 1 aliphatic rings. The van der Waals surface area contributed by atoms with Crippen molar-refractivity contribution in [3.8, 4) is 11.5 Å². The maximum absolute atomic E-state index is 11.8. The lowest BCUT2D eigenvalue weighted by Crippen LogP contribution is -2.34. The topological polar surface area (TPSA) is 17.1 Å². The summed E-state index contributed by atoms with van der Waals surface area (Å²) in [6.07, 6.45) is 6.57. The van der Waals surface area contributed by atoms with E-state index >= 15 is 0 Å². The Morgan fingerprint density at radius 1 is 1.17 bits per heavy atom. The Labute approximate surface area is 113 Å². The first kappa shape index (κ1) is 15.2. The number of hydrogen-bond donors (Lipinski definition) is 0. The molecule has 0 bridgehead atoms. The van der Waals surface area contributed by atoms with Crippen LogP contribution in [-0.2, 0) is 4.79 Å². The molecule has 0 amide bonds. The van der Waals surface area contributed by atoms with E-state index in [1.165, 1.54) is 0 Å². The molecule has 2 heteroatoms. The van der Waals surface area contributed by atoms with E-state index in [4.69, 9.17) is 0 Å². The number of Topliss-reactive ketones (excluding diaryl/α,β-unsaturated/α-hetero) is 1. The molecule has 0 saturated heterocycles. The number of hydrogen-bond acceptors (Lipinski definition) is 1. The van der Waals surface area contributed by atoms with Gasteiger partial charge < -0.3 is 0 Å². The minimum Gasteiger partial charge on any atom is -0.300 e. The van der Waals surface area contributed by atoms with Crippen molar-refractivity contribution in [1.82, 2.24) is 0 Å². The van der Waals surface area contributed by atoms with Crippen LogP contribution < -0.4 is 0 Å². The highest BCUT2D eigenvalue weighted by Crippen LogP contribution is 2.45. The van der Waals surface area contributed by atoms with Crippen molar-refractivity contribution in [2.45, 2.75) is 59.7 Å². The lowest BCUT2D eigenvalue weighted by molar-refractivity contribution is -0.126. The summed E-state index contributed by atoms with van der Waals surface area (Å²) in [7, 11) is -1.29. The normalized spacial score (nSPS) is 28.0. The van der Waals surface area contributed by atoms with Gasteiger partial charge in [-0.3, -0.25) is 4.79 Å². The third-order valence-corrected chi connectivity index (χ3v) is 4.07. The monoisotopic (exact) mass is 262 g/mol. The molecule has 0 heterocycles. The summed E-state index contributed by atoms with van der Waals surface area (Å²) < 4.78 is 0. The van der Waals surface area contributed by atoms with Crippen molar-refractivity contribution in [3.63, 3.8) is 0 Å². The molecular weight excluding hydrogens is 236 g/mol. The predicted molar refractivity (Wildman–Crippen MR) is 81.0 cm³/mol. The Morgan fingerprint density at radius 3 is 2.28 bits per heavy atom. The van der Waals surface area contributed by atoms with Crippen LogP contribution in [0.25, 0.3) is 0 Å². The van der Waals surface area contributed by atoms with E-state index in [1.807, 2.05) is 6.08 Å². The van der Waals surface area contributed by atoms with Gasteiger partial charge in [0, 0.05) is 12.8 Å². The lowest BCUT2D eigenvalue weighted by atomic mass is 9.64. The van der Waals surface area contributed by atoms with Gasteiger partial charge >= 0.3 is 0 Å². The largest absolute Gasteiger partial charge is 0.300 e. The van der Waals surface area contributed by atoms with E-state index < -0.39 is 8.07 Å². The van der Waals surface area contributed by atoms with Crippen LogP contribution >= 0.6 is 0 Å². The summed E-state index contributed by atoms with van der Waals surface area (Å²) in [5.41, 5.74) is 3.45. The van der Waals surface area contributed by atoms with Gasteiger partial charge in [-0.25, -0.2) is 0 Å². The zero-order chi connectivity index (χ0) is 14.0. The molecule has 18 heavy (non-hydrogen) atoms. The number of carbonyl (C=O) groups is 1. The summed E-state index contributed by atoms with van der Waals surface area (Å²) in [6, 6.07) is 0. The van der Waals surface area contributed by atoms with Crippen molar-refractivity contribution in [1.29, 1.82) is 0 Å². The molecule has 0 radical (unpaired) electrons. The molecule has 1 rings (SSSR count). The molecule has 1 aliphatic carbocycles. The zero-order valence-corrected chi connectivity index (χ0v) is 13.7. The Kier molecular flexibility index (Phi) is 4.28. The fourth-order valence-corrected chi connectivity index (χ4v) is 3.40. The van der Waals surface area contributed by atoms with E-state index in [1.54, 1.807) is 0 Å². The minimum atomic E-state index is -1.29. The Balaban J connectivity index is 2.78. The molecule has 0 N–H and O–H groups in total. The van der Waals surface area contributed by atoms with Crippen LogP contribution in [0.3, 0.4) is 0 Å². The summed E-state index contributed by atoms with van der Waals surface area (Å²) in [5, 5.41) is 0. The van der Waals surface area contributed by atoms with Crippen molar-refractivity contribution in [3.05, 3.63) is 12.2 Å². The molecule has 1 saturated carbocycles. The second-order valence-electron chi connectivity index (χ2n) is 7.74. The summed E-state index contributed by atoms with van der Waals surface area (Å²) >= 11 is 0. The maximum atomic E-state index is 11.8. The van der Waals surface area contributed by atoms with Crippen LogP contribution in [0.5, 0.6) is 0 Å². The summed E-state index contributed by atoms with van der Waals surface area (Å²) in [4.78, 5) is 11.8. The lowest BCUT2D eigenvalue weighted by Gasteiger charge is -2.40. The number of ketones is 1. The Hall–Kier alpha value is -0.813. The van der Waals surface area contributed by atoms with Gasteiger partial charge in [0.25, 0.3) is 0 Å². The highest BCUT2D eigenvalue weighted by atomic mass is 28.3. The molecule has 1 fully saturated rings. The predicted octanol–water partition coefficient (Wildman–Crippen LogP) is 4.21. The van der Waals surface area contributed by atoms with Crippen LogP contribution in [0.4, 0.5) is 0 Å². The van der Waals surface area contributed by atoms with Gasteiger partial charge in [0.2, 0.25) is 0 Å². The van der Waals surface area contributed by atoms with Crippen molar-refractivity contribution >= 4 is 13.9 Å². The number of rotatable bonds is 1. The first-order chi connectivity index (χ1) is 8.02. The second kappa shape index (κ2) is 5.05. The summed E-state index contributed by atoms with van der Waals surface area (Å²) in [5.74, 6) is 3.55. The van der Waals surface area contributed by atoms with Crippen molar-refractivity contribution in [2.75, 3.05) is 0 Å². The average molecular weight is 262 g/mol. The fraction of sp³-hybridized carbons (Fsp3) is 0.688. The van der Waals surface area contributed by atoms with Crippen molar-refractivity contribution < 1.29 is 4.79 Å². The van der Waals surface area contributed by atoms with Gasteiger partial charge in [-0.05, 0) is 23.3 Å². The Bertz CT molecular complexity index is 415. The van der Waals surface area contributed by atoms with E-state index in [0.717, 1.165) is 12.8 Å². The van der Waals surface area contributed by atoms with Gasteiger partial charge in [-0.1, -0.05) is 52.4 Å². The quantitative estimate of drug-likeness (QED) is 0.511. The van der Waals surface area contributed by atoms with Gasteiger partial charge in [0.1, 0.15) is 13.9 Å². The van der Waals surface area contributed by atoms with E-state index in [9.17, 15) is 4.79 Å². The van der Waals surface area contributed by atoms with Gasteiger partial charge in [-0.15, -0.1) is 5.54 Å². The number of carbonyl (C=O) groups excluding carboxylic acids is 1. The highest BCUT2D eigenvalue weighted by molar-refractivity contribution is 6.83. The van der Waals surface area contributed by atoms with E-state index in [-0.39, 0.29) is 10.8 Å². The molecule has 0 aliphatic heterocycles. The number of allylic oxidation sites excluding steroid dienone is 2. The molecule has 0 aromatic carbocycles. The van der Waals surface area contributed by atoms with Gasteiger partial charge in [0.15, 0.2) is 0 Å². The molecular formula is C16H26OSi. The van der Waals surface area contributed by atoms with Crippen LogP contribution in [-0.4, -0.2) is 13.9 Å². The fourth-order valence-electron chi connectivity index (χ4n) is 2.88. The van der Waals surface area contributed by atoms with E-state index in [0.29, 0.717) is 12.2 Å². The zero-order valence-electron chi connectivity index (χ0n) is 12.7. The molecule has 1 unspecified atom stereocenters. The van der Waals surface area contributed by atoms with Crippen LogP contribution in [0.2, 0.25) is 19.6 Å². The van der Waals surface area contributed by atoms with Gasteiger partial charge in [0.05, 0.1) is 0 Å². The standard InChI is InChI=1S/C16H26OSi/c1-15(2)11-14(17)12-16(3,13-15)9-7-8-10-18(4,5)6/h7,9H,11-13H2,1-6H3. The van der Waals surface area contributed by atoms with Crippen LogP contribution in [0.15, 0.2) is 12.2 Å². The molecule has 0 spiro atoms. The first-order valence-corrected chi connectivity index (χ1v) is 10.2. The Morgan fingerprint density at radius 2 is 1.78 bits per heavy atom. The highest BCUT2D eigenvalue weighted by Gasteiger charge is 2.38. The van der Waals surface area contributed by atoms with Gasteiger partial charge in [-0.2, -0.15) is 0 Å². The summed E-state index contributed by atoms with van der Waals surface area (Å²) in [6.45, 7) is 13.3. The first-order valence-electron chi connectivity index (χ1n) is 6.74. The molecule has 0 aromatic rings. The SMILES string of the molecule is CC1(C)CC(=O)CC(C)(C=CC#C[Si](C)(C)C)C1. The van der Waals surface area contributed by atoms with E-state index in [2.05, 4.69) is 58.0 Å². The maximum Gasteiger partial charge on any atom is 0.134 e. The van der Waals surface area contributed by atoms with Crippen LogP contribution in [0.1, 0.15) is 40.0 Å². The third-order valence-electron chi connectivity index (χ3n) is 3.18. The average Bonchev–Trinajstić information content (AvgIpc) is 2.06. The second-order valence-corrected chi connectivity index (χ2v) is 12.5. The molecule has 1 nitrogen and oxygen atoms in total. The molecule has 100 valence electrons. The molecule has 0 aromatic heterocycles. The molecule has 1 atom stereocenters. The minimum absolute atomic E-state index is 0.00699.